The fourth-order valence-corrected chi connectivity index (χ4v) is 4.96. The van der Waals surface area contributed by atoms with Gasteiger partial charge in [-0.05, 0) is 79.9 Å². The van der Waals surface area contributed by atoms with Crippen molar-refractivity contribution < 1.29 is 4.79 Å². The molecule has 0 bridgehead atoms. The second-order valence-electron chi connectivity index (χ2n) is 8.20. The Morgan fingerprint density at radius 3 is 2.53 bits per heavy atom. The minimum absolute atomic E-state index is 0.111. The van der Waals surface area contributed by atoms with Crippen molar-refractivity contribution >= 4 is 32.7 Å². The molecule has 2 aromatic heterocycles. The molecule has 0 unspecified atom stereocenters. The van der Waals surface area contributed by atoms with Crippen molar-refractivity contribution in [3.05, 3.63) is 57.8 Å². The van der Waals surface area contributed by atoms with Crippen LogP contribution in [-0.2, 0) is 0 Å². The number of ketones is 1. The Labute approximate surface area is 185 Å². The van der Waals surface area contributed by atoms with E-state index < -0.39 is 0 Å². The third-order valence-corrected chi connectivity index (χ3v) is 6.68. The SMILES string of the molecule is Cc1c(C(=O)CN2[C@H](C)CCC[C@H]2C)c2ncc(Br)cc2n1-c1ccc(C#N)cc1. The van der Waals surface area contributed by atoms with Crippen molar-refractivity contribution in [3.63, 3.8) is 0 Å². The zero-order valence-electron chi connectivity index (χ0n) is 17.5. The highest BCUT2D eigenvalue weighted by Gasteiger charge is 2.29. The number of piperidine rings is 1. The third kappa shape index (κ3) is 3.68. The van der Waals surface area contributed by atoms with Gasteiger partial charge < -0.3 is 4.57 Å². The Morgan fingerprint density at radius 2 is 1.90 bits per heavy atom. The van der Waals surface area contributed by atoms with Crippen LogP contribution in [0.4, 0.5) is 0 Å². The van der Waals surface area contributed by atoms with Gasteiger partial charge in [-0.2, -0.15) is 5.26 Å². The summed E-state index contributed by atoms with van der Waals surface area (Å²) >= 11 is 3.52. The maximum atomic E-state index is 13.5. The number of likely N-dealkylation sites (tertiary alicyclic amines) is 1. The number of carbonyl (C=O) groups excluding carboxylic acids is 1. The summed E-state index contributed by atoms with van der Waals surface area (Å²) in [6, 6.07) is 12.4. The first-order valence-corrected chi connectivity index (χ1v) is 11.2. The molecule has 0 saturated carbocycles. The summed E-state index contributed by atoms with van der Waals surface area (Å²) < 4.78 is 2.92. The van der Waals surface area contributed by atoms with Gasteiger partial charge in [-0.15, -0.1) is 0 Å². The van der Waals surface area contributed by atoms with Crippen molar-refractivity contribution in [3.8, 4) is 11.8 Å². The zero-order chi connectivity index (χ0) is 21.4. The number of nitriles is 1. The minimum Gasteiger partial charge on any atom is -0.311 e. The normalized spacial score (nSPS) is 19.7. The van der Waals surface area contributed by atoms with Crippen LogP contribution in [0.2, 0.25) is 0 Å². The minimum atomic E-state index is 0.111. The molecule has 0 spiro atoms. The van der Waals surface area contributed by atoms with Crippen LogP contribution in [0.3, 0.4) is 0 Å². The number of carbonyl (C=O) groups is 1. The second-order valence-corrected chi connectivity index (χ2v) is 9.12. The quantitative estimate of drug-likeness (QED) is 0.483. The molecular formula is C24H25BrN4O. The van der Waals surface area contributed by atoms with Crippen LogP contribution >= 0.6 is 15.9 Å². The lowest BCUT2D eigenvalue weighted by molar-refractivity contribution is 0.0735. The number of hydrogen-bond donors (Lipinski definition) is 0. The highest BCUT2D eigenvalue weighted by atomic mass is 79.9. The molecule has 4 rings (SSSR count). The predicted octanol–water partition coefficient (Wildman–Crippen LogP) is 5.41. The molecular weight excluding hydrogens is 440 g/mol. The molecule has 3 aromatic rings. The summed E-state index contributed by atoms with van der Waals surface area (Å²) in [5, 5.41) is 9.11. The summed E-state index contributed by atoms with van der Waals surface area (Å²) in [5.41, 5.74) is 4.69. The molecule has 1 aliphatic heterocycles. The number of halogens is 1. The van der Waals surface area contributed by atoms with Gasteiger partial charge >= 0.3 is 0 Å². The molecule has 6 heteroatoms. The molecule has 0 aliphatic carbocycles. The van der Waals surface area contributed by atoms with E-state index in [0.717, 1.165) is 39.7 Å². The fourth-order valence-electron chi connectivity index (χ4n) is 4.64. The Balaban J connectivity index is 1.81. The van der Waals surface area contributed by atoms with E-state index in [1.54, 1.807) is 18.3 Å². The molecule has 0 amide bonds. The van der Waals surface area contributed by atoms with Gasteiger partial charge in [-0.3, -0.25) is 14.7 Å². The van der Waals surface area contributed by atoms with Crippen molar-refractivity contribution in [2.45, 2.75) is 52.1 Å². The number of hydrogen-bond acceptors (Lipinski definition) is 4. The first kappa shape index (κ1) is 20.8. The molecule has 1 aliphatic rings. The molecule has 0 radical (unpaired) electrons. The maximum Gasteiger partial charge on any atom is 0.180 e. The molecule has 1 fully saturated rings. The van der Waals surface area contributed by atoms with E-state index in [-0.39, 0.29) is 5.78 Å². The summed E-state index contributed by atoms with van der Waals surface area (Å²) in [6.45, 7) is 6.81. The lowest BCUT2D eigenvalue weighted by atomic mass is 9.96. The Morgan fingerprint density at radius 1 is 1.23 bits per heavy atom. The van der Waals surface area contributed by atoms with Gasteiger partial charge in [0.15, 0.2) is 5.78 Å². The number of fused-ring (bicyclic) bond motifs is 1. The molecule has 0 N–H and O–H groups in total. The van der Waals surface area contributed by atoms with Gasteiger partial charge in [-0.1, -0.05) is 6.42 Å². The van der Waals surface area contributed by atoms with Crippen molar-refractivity contribution in [2.75, 3.05) is 6.54 Å². The van der Waals surface area contributed by atoms with E-state index in [1.165, 1.54) is 6.42 Å². The molecule has 2 atom stereocenters. The number of rotatable bonds is 4. The van der Waals surface area contributed by atoms with Crippen LogP contribution in [0.15, 0.2) is 41.0 Å². The van der Waals surface area contributed by atoms with Crippen LogP contribution < -0.4 is 0 Å². The van der Waals surface area contributed by atoms with Crippen LogP contribution in [0.5, 0.6) is 0 Å². The van der Waals surface area contributed by atoms with Gasteiger partial charge in [-0.25, -0.2) is 0 Å². The van der Waals surface area contributed by atoms with E-state index in [4.69, 9.17) is 5.26 Å². The first-order valence-electron chi connectivity index (χ1n) is 10.4. The number of Topliss-reactive ketones (excluding diaryl/α,β-unsaturated/α-hetero) is 1. The monoisotopic (exact) mass is 464 g/mol. The van der Waals surface area contributed by atoms with E-state index in [1.807, 2.05) is 25.1 Å². The number of benzene rings is 1. The standard InChI is InChI=1S/C24H25BrN4O/c1-15-5-4-6-16(2)28(15)14-22(30)23-17(3)29(20-9-7-18(12-26)8-10-20)21-11-19(25)13-27-24(21)23/h7-11,13,15-16H,4-6,14H2,1-3H3/t15-,16-/m1/s1. The molecule has 154 valence electrons. The molecule has 5 nitrogen and oxygen atoms in total. The lowest BCUT2D eigenvalue weighted by Crippen LogP contribution is -2.46. The van der Waals surface area contributed by atoms with Crippen molar-refractivity contribution in [1.29, 1.82) is 5.26 Å². The number of nitrogens with zero attached hydrogens (tertiary/aromatic N) is 4. The van der Waals surface area contributed by atoms with Crippen molar-refractivity contribution in [2.24, 2.45) is 0 Å². The topological polar surface area (TPSA) is 61.9 Å². The first-order chi connectivity index (χ1) is 14.4. The van der Waals surface area contributed by atoms with Gasteiger partial charge in [0, 0.05) is 34.1 Å². The average Bonchev–Trinajstić information content (AvgIpc) is 3.02. The highest BCUT2D eigenvalue weighted by Crippen LogP contribution is 2.31. The van der Waals surface area contributed by atoms with Crippen LogP contribution in [0, 0.1) is 18.3 Å². The summed E-state index contributed by atoms with van der Waals surface area (Å²) in [5.74, 6) is 0.111. The maximum absolute atomic E-state index is 13.5. The number of pyridine rings is 1. The highest BCUT2D eigenvalue weighted by molar-refractivity contribution is 9.10. The van der Waals surface area contributed by atoms with Gasteiger partial charge in [0.2, 0.25) is 0 Å². The second kappa shape index (κ2) is 8.33. The van der Waals surface area contributed by atoms with E-state index in [9.17, 15) is 4.79 Å². The van der Waals surface area contributed by atoms with E-state index >= 15 is 0 Å². The van der Waals surface area contributed by atoms with E-state index in [2.05, 4.69) is 50.3 Å². The smallest absolute Gasteiger partial charge is 0.180 e. The summed E-state index contributed by atoms with van der Waals surface area (Å²) in [4.78, 5) is 20.5. The van der Waals surface area contributed by atoms with Crippen LogP contribution in [-0.4, -0.2) is 38.9 Å². The Kier molecular flexibility index (Phi) is 5.77. The van der Waals surface area contributed by atoms with E-state index in [0.29, 0.717) is 29.8 Å². The van der Waals surface area contributed by atoms with Crippen LogP contribution in [0.1, 0.15) is 54.7 Å². The van der Waals surface area contributed by atoms with Crippen molar-refractivity contribution in [1.82, 2.24) is 14.5 Å². The van der Waals surface area contributed by atoms with Gasteiger partial charge in [0.25, 0.3) is 0 Å². The molecule has 30 heavy (non-hydrogen) atoms. The Hall–Kier alpha value is -2.49. The molecule has 3 heterocycles. The molecule has 1 aromatic carbocycles. The van der Waals surface area contributed by atoms with Crippen LogP contribution in [0.25, 0.3) is 16.7 Å². The summed E-state index contributed by atoms with van der Waals surface area (Å²) in [7, 11) is 0. The van der Waals surface area contributed by atoms with Gasteiger partial charge in [0.05, 0.1) is 34.8 Å². The summed E-state index contributed by atoms with van der Waals surface area (Å²) in [6.07, 6.45) is 5.23. The lowest BCUT2D eigenvalue weighted by Gasteiger charge is -2.38. The van der Waals surface area contributed by atoms with Gasteiger partial charge in [0.1, 0.15) is 0 Å². The fraction of sp³-hybridized carbons (Fsp3) is 0.375. The largest absolute Gasteiger partial charge is 0.311 e. The number of aromatic nitrogens is 2. The molecule has 1 saturated heterocycles. The average molecular weight is 465 g/mol. The predicted molar refractivity (Wildman–Crippen MR) is 122 cm³/mol. The Bertz CT molecular complexity index is 1130. The zero-order valence-corrected chi connectivity index (χ0v) is 19.1. The third-order valence-electron chi connectivity index (χ3n) is 6.24.